The summed E-state index contributed by atoms with van der Waals surface area (Å²) in [6.45, 7) is 1.54. The van der Waals surface area contributed by atoms with Crippen molar-refractivity contribution in [2.24, 2.45) is 7.05 Å². The molecule has 1 rings (SSSR count). The van der Waals surface area contributed by atoms with Crippen LogP contribution < -0.4 is 5.32 Å². The zero-order chi connectivity index (χ0) is 10.6. The fourth-order valence-electron chi connectivity index (χ4n) is 1.07. The highest BCUT2D eigenvalue weighted by Gasteiger charge is 2.10. The monoisotopic (exact) mass is 237 g/mol. The highest BCUT2D eigenvalue weighted by atomic mass is 35.5. The van der Waals surface area contributed by atoms with E-state index < -0.39 is 0 Å². The molecular formula is C8H13Cl2N3O. The molecule has 0 aromatic carbocycles. The quantitative estimate of drug-likeness (QED) is 0.758. The number of halogens is 2. The summed E-state index contributed by atoms with van der Waals surface area (Å²) >= 11 is 11.6. The number of nitrogens with one attached hydrogen (secondary N) is 1. The summed E-state index contributed by atoms with van der Waals surface area (Å²) in [5.74, 6) is 0. The summed E-state index contributed by atoms with van der Waals surface area (Å²) in [6.07, 6.45) is 0.725. The molecule has 1 heterocycles. The summed E-state index contributed by atoms with van der Waals surface area (Å²) < 4.78 is 1.73. The lowest BCUT2D eigenvalue weighted by Gasteiger charge is -2.05. The van der Waals surface area contributed by atoms with Gasteiger partial charge in [-0.05, 0) is 24.6 Å². The van der Waals surface area contributed by atoms with E-state index in [-0.39, 0.29) is 6.61 Å². The highest BCUT2D eigenvalue weighted by molar-refractivity contribution is 6.32. The van der Waals surface area contributed by atoms with Crippen LogP contribution >= 0.6 is 23.2 Å². The molecule has 0 aliphatic rings. The predicted octanol–water partition coefficient (Wildman–Crippen LogP) is 1.20. The minimum atomic E-state index is 0.187. The van der Waals surface area contributed by atoms with Crippen molar-refractivity contribution in [3.63, 3.8) is 0 Å². The fraction of sp³-hybridized carbons (Fsp3) is 0.625. The minimum absolute atomic E-state index is 0.187. The van der Waals surface area contributed by atoms with Crippen LogP contribution in [-0.2, 0) is 13.6 Å². The van der Waals surface area contributed by atoms with Gasteiger partial charge in [-0.15, -0.1) is 0 Å². The van der Waals surface area contributed by atoms with E-state index in [1.165, 1.54) is 0 Å². The van der Waals surface area contributed by atoms with Crippen LogP contribution in [0.5, 0.6) is 0 Å². The molecule has 0 saturated heterocycles. The van der Waals surface area contributed by atoms with Crippen molar-refractivity contribution in [2.45, 2.75) is 13.0 Å². The first-order valence-corrected chi connectivity index (χ1v) is 5.10. The van der Waals surface area contributed by atoms with Crippen LogP contribution in [0.2, 0.25) is 10.4 Å². The van der Waals surface area contributed by atoms with Crippen LogP contribution in [0, 0.1) is 0 Å². The van der Waals surface area contributed by atoms with Crippen molar-refractivity contribution >= 4 is 23.2 Å². The Labute approximate surface area is 92.8 Å². The second-order valence-electron chi connectivity index (χ2n) is 2.93. The van der Waals surface area contributed by atoms with Gasteiger partial charge in [-0.3, -0.25) is 0 Å². The number of aliphatic hydroxyl groups is 1. The van der Waals surface area contributed by atoms with Gasteiger partial charge in [0.05, 0.1) is 5.69 Å². The first-order valence-electron chi connectivity index (χ1n) is 4.35. The summed E-state index contributed by atoms with van der Waals surface area (Å²) in [5, 5.41) is 12.5. The molecule has 0 amide bonds. The van der Waals surface area contributed by atoms with E-state index >= 15 is 0 Å². The van der Waals surface area contributed by atoms with Gasteiger partial charge in [0.1, 0.15) is 0 Å². The molecule has 80 valence electrons. The molecule has 0 atom stereocenters. The zero-order valence-electron chi connectivity index (χ0n) is 7.93. The molecule has 2 N–H and O–H groups in total. The highest BCUT2D eigenvalue weighted by Crippen LogP contribution is 2.18. The number of imidazole rings is 1. The van der Waals surface area contributed by atoms with Gasteiger partial charge in [-0.25, -0.2) is 4.98 Å². The van der Waals surface area contributed by atoms with Crippen LogP contribution in [-0.4, -0.2) is 27.8 Å². The number of hydrogen-bond acceptors (Lipinski definition) is 3. The van der Waals surface area contributed by atoms with Crippen LogP contribution in [0.4, 0.5) is 0 Å². The number of rotatable bonds is 5. The molecule has 14 heavy (non-hydrogen) atoms. The maximum absolute atomic E-state index is 8.57. The molecule has 1 aromatic heterocycles. The molecule has 0 spiro atoms. The number of aliphatic hydroxyl groups excluding tert-OH is 1. The van der Waals surface area contributed by atoms with Gasteiger partial charge < -0.3 is 15.0 Å². The van der Waals surface area contributed by atoms with Gasteiger partial charge in [-0.2, -0.15) is 0 Å². The predicted molar refractivity (Wildman–Crippen MR) is 56.6 cm³/mol. The first-order chi connectivity index (χ1) is 6.66. The van der Waals surface area contributed by atoms with E-state index in [0.717, 1.165) is 18.7 Å². The molecule has 0 saturated carbocycles. The summed E-state index contributed by atoms with van der Waals surface area (Å²) in [7, 11) is 1.81. The summed E-state index contributed by atoms with van der Waals surface area (Å²) in [5.41, 5.74) is 0.856. The van der Waals surface area contributed by atoms with E-state index in [4.69, 9.17) is 28.3 Å². The van der Waals surface area contributed by atoms with E-state index in [1.54, 1.807) is 4.57 Å². The Morgan fingerprint density at radius 1 is 1.50 bits per heavy atom. The molecule has 0 aliphatic heterocycles. The van der Waals surface area contributed by atoms with Crippen molar-refractivity contribution in [1.29, 1.82) is 0 Å². The van der Waals surface area contributed by atoms with Crippen LogP contribution in [0.3, 0.4) is 0 Å². The van der Waals surface area contributed by atoms with Crippen LogP contribution in [0.15, 0.2) is 0 Å². The van der Waals surface area contributed by atoms with Crippen LogP contribution in [0.1, 0.15) is 12.1 Å². The van der Waals surface area contributed by atoms with Crippen molar-refractivity contribution in [2.75, 3.05) is 13.2 Å². The minimum Gasteiger partial charge on any atom is -0.396 e. The smallest absolute Gasteiger partial charge is 0.204 e. The third-order valence-electron chi connectivity index (χ3n) is 1.91. The maximum Gasteiger partial charge on any atom is 0.204 e. The number of aromatic nitrogens is 2. The van der Waals surface area contributed by atoms with E-state index in [2.05, 4.69) is 10.3 Å². The Kier molecular flexibility index (Phi) is 4.68. The lowest BCUT2D eigenvalue weighted by Crippen LogP contribution is -2.17. The van der Waals surface area contributed by atoms with Gasteiger partial charge in [-0.1, -0.05) is 11.6 Å². The average Bonchev–Trinajstić information content (AvgIpc) is 2.38. The lowest BCUT2D eigenvalue weighted by molar-refractivity contribution is 0.286. The van der Waals surface area contributed by atoms with Crippen LogP contribution in [0.25, 0.3) is 0 Å². The standard InChI is InChI=1S/C8H13Cl2N3O/c1-13-6(5-11-3-2-4-14)7(9)12-8(13)10/h11,14H,2-5H2,1H3. The first kappa shape index (κ1) is 11.8. The number of nitrogens with zero attached hydrogens (tertiary/aromatic N) is 2. The third kappa shape index (κ3) is 2.85. The van der Waals surface area contributed by atoms with Crippen molar-refractivity contribution in [3.05, 3.63) is 16.1 Å². The maximum atomic E-state index is 8.57. The Morgan fingerprint density at radius 3 is 2.71 bits per heavy atom. The van der Waals surface area contributed by atoms with Crippen molar-refractivity contribution in [3.8, 4) is 0 Å². The van der Waals surface area contributed by atoms with E-state index in [9.17, 15) is 0 Å². The fourth-order valence-corrected chi connectivity index (χ4v) is 1.58. The van der Waals surface area contributed by atoms with Crippen molar-refractivity contribution < 1.29 is 5.11 Å². The largest absolute Gasteiger partial charge is 0.396 e. The Morgan fingerprint density at radius 2 is 2.21 bits per heavy atom. The Balaban J connectivity index is 2.49. The number of hydrogen-bond donors (Lipinski definition) is 2. The van der Waals surface area contributed by atoms with Gasteiger partial charge >= 0.3 is 0 Å². The van der Waals surface area contributed by atoms with Crippen molar-refractivity contribution in [1.82, 2.24) is 14.9 Å². The van der Waals surface area contributed by atoms with E-state index in [0.29, 0.717) is 17.0 Å². The molecule has 0 unspecified atom stereocenters. The molecule has 0 aliphatic carbocycles. The molecule has 4 nitrogen and oxygen atoms in total. The second-order valence-corrected chi connectivity index (χ2v) is 3.63. The normalized spacial score (nSPS) is 10.9. The van der Waals surface area contributed by atoms with Gasteiger partial charge in [0.25, 0.3) is 0 Å². The topological polar surface area (TPSA) is 50.1 Å². The Bertz CT molecular complexity index is 301. The third-order valence-corrected chi connectivity index (χ3v) is 2.56. The molecule has 6 heteroatoms. The SMILES string of the molecule is Cn1c(Cl)nc(Cl)c1CNCCCO. The molecule has 1 aromatic rings. The molecule has 0 radical (unpaired) electrons. The average molecular weight is 238 g/mol. The molecule has 0 bridgehead atoms. The van der Waals surface area contributed by atoms with Gasteiger partial charge in [0.2, 0.25) is 5.28 Å². The van der Waals surface area contributed by atoms with E-state index in [1.807, 2.05) is 7.05 Å². The summed E-state index contributed by atoms with van der Waals surface area (Å²) in [6, 6.07) is 0. The Hall–Kier alpha value is -0.290. The second kappa shape index (κ2) is 5.56. The molecular weight excluding hydrogens is 225 g/mol. The summed E-state index contributed by atoms with van der Waals surface area (Å²) in [4.78, 5) is 3.91. The lowest BCUT2D eigenvalue weighted by atomic mass is 10.4. The zero-order valence-corrected chi connectivity index (χ0v) is 9.44. The molecule has 0 fully saturated rings. The van der Waals surface area contributed by atoms with Gasteiger partial charge in [0, 0.05) is 20.2 Å². The van der Waals surface area contributed by atoms with Gasteiger partial charge in [0.15, 0.2) is 5.15 Å².